The number of fused-ring (bicyclic) bond motifs is 1. The normalized spacial score (nSPS) is 21.2. The number of morpholine rings is 1. The summed E-state index contributed by atoms with van der Waals surface area (Å²) in [7, 11) is 4.83. The molecule has 8 nitrogen and oxygen atoms in total. The number of likely N-dealkylation sites (N-methyl/N-ethyl adjacent to an activating group) is 1. The van der Waals surface area contributed by atoms with E-state index >= 15 is 0 Å². The van der Waals surface area contributed by atoms with Crippen molar-refractivity contribution in [3.8, 4) is 11.5 Å². The molecule has 0 radical (unpaired) electrons. The zero-order valence-corrected chi connectivity index (χ0v) is 19.4. The molecule has 0 bridgehead atoms. The van der Waals surface area contributed by atoms with Crippen molar-refractivity contribution in [2.45, 2.75) is 12.0 Å². The lowest BCUT2D eigenvalue weighted by molar-refractivity contribution is -0.124. The number of rotatable bonds is 7. The van der Waals surface area contributed by atoms with Gasteiger partial charge in [0.1, 0.15) is 0 Å². The van der Waals surface area contributed by atoms with Gasteiger partial charge in [-0.25, -0.2) is 0 Å². The van der Waals surface area contributed by atoms with Gasteiger partial charge in [0, 0.05) is 43.7 Å². The first kappa shape index (κ1) is 22.6. The molecule has 1 aromatic carbocycles. The lowest BCUT2D eigenvalue weighted by Crippen LogP contribution is -2.47. The number of hydrogen-bond acceptors (Lipinski definition) is 7. The quantitative estimate of drug-likeness (QED) is 0.683. The van der Waals surface area contributed by atoms with E-state index in [2.05, 4.69) is 10.2 Å². The van der Waals surface area contributed by atoms with Crippen LogP contribution in [-0.2, 0) is 9.53 Å². The zero-order valence-electron chi connectivity index (χ0n) is 18.6. The fraction of sp³-hybridized carbons (Fsp3) is 0.478. The van der Waals surface area contributed by atoms with Crippen LogP contribution in [0.2, 0.25) is 0 Å². The number of methoxy groups -OCH3 is 2. The highest BCUT2D eigenvalue weighted by atomic mass is 32.1. The highest BCUT2D eigenvalue weighted by molar-refractivity contribution is 7.10. The molecule has 1 aromatic heterocycles. The average Bonchev–Trinajstić information content (AvgIpc) is 3.35. The summed E-state index contributed by atoms with van der Waals surface area (Å²) in [6, 6.07) is 6.96. The molecule has 0 spiro atoms. The van der Waals surface area contributed by atoms with Crippen molar-refractivity contribution in [2.24, 2.45) is 0 Å². The fourth-order valence-electron chi connectivity index (χ4n) is 4.42. The van der Waals surface area contributed by atoms with Crippen molar-refractivity contribution in [1.82, 2.24) is 15.1 Å². The molecule has 4 rings (SSSR count). The van der Waals surface area contributed by atoms with Gasteiger partial charge in [-0.3, -0.25) is 14.5 Å². The number of nitrogens with zero attached hydrogens (tertiary/aromatic N) is 2. The SMILES string of the molecule is COc1cc2c(cc1OC)[C@@H](C(=O)NCCN1CCOCC1)[C@@H](c1cccs1)N(C)C2=O. The van der Waals surface area contributed by atoms with Crippen molar-refractivity contribution in [1.29, 1.82) is 0 Å². The standard InChI is InChI=1S/C23H29N3O5S/c1-25-21(19-5-4-12-32-19)20(22(27)24-6-7-26-8-10-31-11-9-26)15-13-17(29-2)18(30-3)14-16(15)23(25)28/h4-5,12-14,20-21H,6-11H2,1-3H3,(H,24,27)/t20-,21-/m1/s1. The Bertz CT molecular complexity index is 959. The van der Waals surface area contributed by atoms with Crippen LogP contribution >= 0.6 is 11.3 Å². The van der Waals surface area contributed by atoms with Crippen molar-refractivity contribution in [3.63, 3.8) is 0 Å². The van der Waals surface area contributed by atoms with Gasteiger partial charge >= 0.3 is 0 Å². The van der Waals surface area contributed by atoms with E-state index in [9.17, 15) is 9.59 Å². The Balaban J connectivity index is 1.66. The number of benzene rings is 1. The van der Waals surface area contributed by atoms with E-state index in [1.807, 2.05) is 17.5 Å². The van der Waals surface area contributed by atoms with Crippen molar-refractivity contribution in [2.75, 3.05) is 60.7 Å². The average molecular weight is 460 g/mol. The summed E-state index contributed by atoms with van der Waals surface area (Å²) in [5, 5.41) is 5.07. The second kappa shape index (κ2) is 9.89. The first-order valence-corrected chi connectivity index (χ1v) is 11.6. The summed E-state index contributed by atoms with van der Waals surface area (Å²) in [4.78, 5) is 31.7. The molecule has 3 heterocycles. The minimum absolute atomic E-state index is 0.107. The molecule has 32 heavy (non-hydrogen) atoms. The van der Waals surface area contributed by atoms with Crippen molar-refractivity contribution < 1.29 is 23.8 Å². The molecular formula is C23H29N3O5S. The van der Waals surface area contributed by atoms with Crippen molar-refractivity contribution in [3.05, 3.63) is 45.6 Å². The summed E-state index contributed by atoms with van der Waals surface area (Å²) in [5.41, 5.74) is 1.12. The molecule has 2 atom stereocenters. The highest BCUT2D eigenvalue weighted by Crippen LogP contribution is 2.46. The molecule has 2 aromatic rings. The number of amides is 2. The summed E-state index contributed by atoms with van der Waals surface area (Å²) in [5.74, 6) is 0.158. The molecule has 0 aliphatic carbocycles. The molecule has 2 amide bonds. The van der Waals surface area contributed by atoms with Gasteiger partial charge in [-0.05, 0) is 29.1 Å². The van der Waals surface area contributed by atoms with E-state index in [1.165, 1.54) is 7.11 Å². The van der Waals surface area contributed by atoms with Crippen LogP contribution in [0, 0.1) is 0 Å². The fourth-order valence-corrected chi connectivity index (χ4v) is 5.32. The smallest absolute Gasteiger partial charge is 0.254 e. The number of carbonyl (C=O) groups excluding carboxylic acids is 2. The molecule has 1 fully saturated rings. The predicted molar refractivity (Wildman–Crippen MR) is 122 cm³/mol. The Morgan fingerprint density at radius 1 is 1.22 bits per heavy atom. The minimum atomic E-state index is -0.559. The maximum atomic E-state index is 13.6. The molecule has 9 heteroatoms. The van der Waals surface area contributed by atoms with E-state index < -0.39 is 12.0 Å². The number of hydrogen-bond donors (Lipinski definition) is 1. The second-order valence-electron chi connectivity index (χ2n) is 7.89. The van der Waals surface area contributed by atoms with E-state index in [-0.39, 0.29) is 11.8 Å². The van der Waals surface area contributed by atoms with Crippen LogP contribution in [0.3, 0.4) is 0 Å². The summed E-state index contributed by atoms with van der Waals surface area (Å²) >= 11 is 1.54. The molecule has 0 saturated carbocycles. The van der Waals surface area contributed by atoms with Crippen LogP contribution in [-0.4, -0.2) is 82.3 Å². The number of carbonyl (C=O) groups is 2. The van der Waals surface area contributed by atoms with Gasteiger partial charge < -0.3 is 24.4 Å². The van der Waals surface area contributed by atoms with Crippen LogP contribution in [0.5, 0.6) is 11.5 Å². The van der Waals surface area contributed by atoms with E-state index in [4.69, 9.17) is 14.2 Å². The second-order valence-corrected chi connectivity index (χ2v) is 8.87. The maximum absolute atomic E-state index is 13.6. The van der Waals surface area contributed by atoms with Gasteiger partial charge in [-0.1, -0.05) is 6.07 Å². The molecule has 2 aliphatic heterocycles. The van der Waals surface area contributed by atoms with Gasteiger partial charge in [0.25, 0.3) is 5.91 Å². The summed E-state index contributed by atoms with van der Waals surface area (Å²) in [6.45, 7) is 4.48. The first-order chi connectivity index (χ1) is 15.5. The van der Waals surface area contributed by atoms with Crippen molar-refractivity contribution >= 4 is 23.2 Å². The maximum Gasteiger partial charge on any atom is 0.254 e. The lowest BCUT2D eigenvalue weighted by atomic mass is 9.81. The molecule has 2 aliphatic rings. The van der Waals surface area contributed by atoms with Gasteiger partial charge in [0.2, 0.25) is 5.91 Å². The summed E-state index contributed by atoms with van der Waals surface area (Å²) in [6.07, 6.45) is 0. The third kappa shape index (κ3) is 4.32. The third-order valence-electron chi connectivity index (χ3n) is 6.12. The first-order valence-electron chi connectivity index (χ1n) is 10.7. The number of ether oxygens (including phenoxy) is 3. The summed E-state index contributed by atoms with van der Waals surface area (Å²) < 4.78 is 16.3. The third-order valence-corrected chi connectivity index (χ3v) is 7.07. The Hall–Kier alpha value is -2.62. The van der Waals surface area contributed by atoms with Crippen LogP contribution in [0.1, 0.15) is 32.8 Å². The molecule has 1 saturated heterocycles. The monoisotopic (exact) mass is 459 g/mol. The highest BCUT2D eigenvalue weighted by Gasteiger charge is 2.44. The van der Waals surface area contributed by atoms with Crippen LogP contribution < -0.4 is 14.8 Å². The van der Waals surface area contributed by atoms with E-state index in [0.717, 1.165) is 37.7 Å². The molecular weight excluding hydrogens is 430 g/mol. The van der Waals surface area contributed by atoms with Gasteiger partial charge in [-0.2, -0.15) is 0 Å². The van der Waals surface area contributed by atoms with E-state index in [0.29, 0.717) is 29.2 Å². The van der Waals surface area contributed by atoms with Crippen LogP contribution in [0.25, 0.3) is 0 Å². The number of nitrogens with one attached hydrogen (secondary N) is 1. The molecule has 172 valence electrons. The van der Waals surface area contributed by atoms with Gasteiger partial charge in [-0.15, -0.1) is 11.3 Å². The Morgan fingerprint density at radius 2 is 1.94 bits per heavy atom. The Kier molecular flexibility index (Phi) is 6.98. The Labute approximate surface area is 192 Å². The Morgan fingerprint density at radius 3 is 2.59 bits per heavy atom. The predicted octanol–water partition coefficient (Wildman–Crippen LogP) is 2.12. The topological polar surface area (TPSA) is 80.3 Å². The molecule has 1 N–H and O–H groups in total. The van der Waals surface area contributed by atoms with Gasteiger partial charge in [0.15, 0.2) is 11.5 Å². The lowest BCUT2D eigenvalue weighted by Gasteiger charge is -2.39. The van der Waals surface area contributed by atoms with Gasteiger partial charge in [0.05, 0.1) is 39.4 Å². The van der Waals surface area contributed by atoms with Crippen LogP contribution in [0.15, 0.2) is 29.6 Å². The zero-order chi connectivity index (χ0) is 22.7. The molecule has 0 unspecified atom stereocenters. The largest absolute Gasteiger partial charge is 0.493 e. The number of thiophene rings is 1. The van der Waals surface area contributed by atoms with Crippen LogP contribution in [0.4, 0.5) is 0 Å². The minimum Gasteiger partial charge on any atom is -0.493 e. The van der Waals surface area contributed by atoms with E-state index in [1.54, 1.807) is 42.5 Å².